The van der Waals surface area contributed by atoms with Crippen LogP contribution in [0.15, 0.2) is 30.3 Å². The highest BCUT2D eigenvalue weighted by molar-refractivity contribution is 5.90. The van der Waals surface area contributed by atoms with Gasteiger partial charge in [0.05, 0.1) is 5.52 Å². The minimum absolute atomic E-state index is 0.369. The molecule has 0 saturated heterocycles. The number of aromatic nitrogens is 4. The van der Waals surface area contributed by atoms with E-state index in [0.29, 0.717) is 5.92 Å². The van der Waals surface area contributed by atoms with Gasteiger partial charge in [0, 0.05) is 17.1 Å². The molecule has 1 aromatic carbocycles. The second-order valence-corrected chi connectivity index (χ2v) is 5.12. The van der Waals surface area contributed by atoms with Crippen molar-refractivity contribution in [1.29, 1.82) is 0 Å². The first-order valence-corrected chi connectivity index (χ1v) is 6.69. The van der Waals surface area contributed by atoms with Gasteiger partial charge >= 0.3 is 0 Å². The number of benzene rings is 1. The third-order valence-electron chi connectivity index (χ3n) is 3.17. The van der Waals surface area contributed by atoms with E-state index in [1.807, 2.05) is 37.3 Å². The molecule has 0 saturated carbocycles. The molecule has 0 fully saturated rings. The highest BCUT2D eigenvalue weighted by Gasteiger charge is 2.09. The molecule has 20 heavy (non-hydrogen) atoms. The van der Waals surface area contributed by atoms with Crippen molar-refractivity contribution in [2.24, 2.45) is 0 Å². The summed E-state index contributed by atoms with van der Waals surface area (Å²) in [6.07, 6.45) is 0. The molecule has 0 spiro atoms. The van der Waals surface area contributed by atoms with Gasteiger partial charge in [-0.05, 0) is 25.0 Å². The van der Waals surface area contributed by atoms with Crippen LogP contribution in [0.4, 0.5) is 11.6 Å². The zero-order valence-corrected chi connectivity index (χ0v) is 11.8. The highest BCUT2D eigenvalue weighted by atomic mass is 15.2. The molecule has 2 aromatic heterocycles. The molecular weight excluding hydrogens is 250 g/mol. The van der Waals surface area contributed by atoms with Gasteiger partial charge in [-0.1, -0.05) is 26.0 Å². The van der Waals surface area contributed by atoms with Crippen molar-refractivity contribution in [1.82, 2.24) is 20.2 Å². The standard InChI is InChI=1S/C15H17N5/c1-9(2)13-8-14(17-10(3)16-13)18-15-11-6-4-5-7-12(11)19-20-15/h4-9H,1-3H3,(H2,16,17,18,19,20). The van der Waals surface area contributed by atoms with Crippen molar-refractivity contribution in [2.75, 3.05) is 5.32 Å². The van der Waals surface area contributed by atoms with Gasteiger partial charge in [-0.25, -0.2) is 9.97 Å². The van der Waals surface area contributed by atoms with E-state index in [0.717, 1.165) is 34.1 Å². The number of anilines is 2. The molecule has 5 nitrogen and oxygen atoms in total. The molecule has 0 aliphatic heterocycles. The van der Waals surface area contributed by atoms with Gasteiger partial charge < -0.3 is 5.32 Å². The van der Waals surface area contributed by atoms with Crippen LogP contribution in [0.2, 0.25) is 0 Å². The monoisotopic (exact) mass is 267 g/mol. The van der Waals surface area contributed by atoms with Crippen molar-refractivity contribution in [2.45, 2.75) is 26.7 Å². The number of aromatic amines is 1. The minimum atomic E-state index is 0.369. The van der Waals surface area contributed by atoms with Crippen LogP contribution in [0.1, 0.15) is 31.3 Å². The van der Waals surface area contributed by atoms with Crippen LogP contribution in [0.5, 0.6) is 0 Å². The van der Waals surface area contributed by atoms with E-state index in [1.54, 1.807) is 0 Å². The van der Waals surface area contributed by atoms with Gasteiger partial charge in [-0.2, -0.15) is 5.10 Å². The molecule has 3 aromatic rings. The zero-order valence-electron chi connectivity index (χ0n) is 11.8. The summed E-state index contributed by atoms with van der Waals surface area (Å²) in [4.78, 5) is 8.87. The fourth-order valence-corrected chi connectivity index (χ4v) is 2.13. The van der Waals surface area contributed by atoms with Crippen molar-refractivity contribution < 1.29 is 0 Å². The Morgan fingerprint density at radius 1 is 1.15 bits per heavy atom. The maximum atomic E-state index is 4.45. The van der Waals surface area contributed by atoms with Crippen LogP contribution in [0.3, 0.4) is 0 Å². The summed E-state index contributed by atoms with van der Waals surface area (Å²) < 4.78 is 0. The van der Waals surface area contributed by atoms with Gasteiger partial charge in [0.25, 0.3) is 0 Å². The van der Waals surface area contributed by atoms with E-state index in [2.05, 4.69) is 39.3 Å². The zero-order chi connectivity index (χ0) is 14.1. The summed E-state index contributed by atoms with van der Waals surface area (Å²) in [7, 11) is 0. The lowest BCUT2D eigenvalue weighted by Crippen LogP contribution is -2.02. The molecule has 0 radical (unpaired) electrons. The summed E-state index contributed by atoms with van der Waals surface area (Å²) in [5.74, 6) is 2.69. The summed E-state index contributed by atoms with van der Waals surface area (Å²) in [5.41, 5.74) is 2.03. The van der Waals surface area contributed by atoms with Crippen molar-refractivity contribution in [3.05, 3.63) is 41.9 Å². The number of H-pyrrole nitrogens is 1. The lowest BCUT2D eigenvalue weighted by atomic mass is 10.1. The van der Waals surface area contributed by atoms with Gasteiger partial charge in [-0.3, -0.25) is 5.10 Å². The molecule has 0 atom stereocenters. The number of rotatable bonds is 3. The Balaban J connectivity index is 1.98. The van der Waals surface area contributed by atoms with Gasteiger partial charge in [-0.15, -0.1) is 0 Å². The van der Waals surface area contributed by atoms with Crippen LogP contribution in [0.25, 0.3) is 10.9 Å². The van der Waals surface area contributed by atoms with Crippen LogP contribution in [-0.2, 0) is 0 Å². The Morgan fingerprint density at radius 2 is 1.95 bits per heavy atom. The minimum Gasteiger partial charge on any atom is -0.323 e. The second-order valence-electron chi connectivity index (χ2n) is 5.12. The Hall–Kier alpha value is -2.43. The maximum absolute atomic E-state index is 4.45. The van der Waals surface area contributed by atoms with Crippen molar-refractivity contribution >= 4 is 22.5 Å². The van der Waals surface area contributed by atoms with Gasteiger partial charge in [0.1, 0.15) is 11.6 Å². The summed E-state index contributed by atoms with van der Waals surface area (Å²) in [5, 5.41) is 11.6. The Labute approximate surface area is 117 Å². The number of hydrogen-bond donors (Lipinski definition) is 2. The van der Waals surface area contributed by atoms with Crippen LogP contribution < -0.4 is 5.32 Å². The van der Waals surface area contributed by atoms with Crippen molar-refractivity contribution in [3.8, 4) is 0 Å². The molecule has 3 rings (SSSR count). The molecule has 2 N–H and O–H groups in total. The largest absolute Gasteiger partial charge is 0.323 e. The first kappa shape index (κ1) is 12.6. The molecule has 0 bridgehead atoms. The van der Waals surface area contributed by atoms with Crippen LogP contribution >= 0.6 is 0 Å². The van der Waals surface area contributed by atoms with Crippen molar-refractivity contribution in [3.63, 3.8) is 0 Å². The fraction of sp³-hybridized carbons (Fsp3) is 0.267. The normalized spacial score (nSPS) is 11.2. The molecule has 2 heterocycles. The smallest absolute Gasteiger partial charge is 0.161 e. The molecule has 0 unspecified atom stereocenters. The van der Waals surface area contributed by atoms with E-state index in [9.17, 15) is 0 Å². The predicted octanol–water partition coefficient (Wildman–Crippen LogP) is 3.53. The Morgan fingerprint density at radius 3 is 2.75 bits per heavy atom. The van der Waals surface area contributed by atoms with Crippen LogP contribution in [0, 0.1) is 6.92 Å². The average Bonchev–Trinajstić information content (AvgIpc) is 2.82. The first-order chi connectivity index (χ1) is 9.63. The molecule has 5 heteroatoms. The molecule has 0 amide bonds. The number of aryl methyl sites for hydroxylation is 1. The van der Waals surface area contributed by atoms with E-state index in [1.165, 1.54) is 0 Å². The van der Waals surface area contributed by atoms with Gasteiger partial charge in [0.15, 0.2) is 5.82 Å². The fourth-order valence-electron chi connectivity index (χ4n) is 2.13. The molecule has 0 aliphatic carbocycles. The van der Waals surface area contributed by atoms with E-state index < -0.39 is 0 Å². The molecule has 102 valence electrons. The first-order valence-electron chi connectivity index (χ1n) is 6.69. The number of para-hydroxylation sites is 1. The lowest BCUT2D eigenvalue weighted by Gasteiger charge is -2.09. The summed E-state index contributed by atoms with van der Waals surface area (Å²) >= 11 is 0. The van der Waals surface area contributed by atoms with Gasteiger partial charge in [0.2, 0.25) is 0 Å². The lowest BCUT2D eigenvalue weighted by molar-refractivity contribution is 0.803. The third-order valence-corrected chi connectivity index (χ3v) is 3.17. The molecular formula is C15H17N5. The quantitative estimate of drug-likeness (QED) is 0.762. The number of nitrogens with one attached hydrogen (secondary N) is 2. The number of nitrogens with zero attached hydrogens (tertiary/aromatic N) is 3. The Bertz CT molecular complexity index is 745. The number of fused-ring (bicyclic) bond motifs is 1. The SMILES string of the molecule is Cc1nc(Nc2n[nH]c3ccccc23)cc(C(C)C)n1. The highest BCUT2D eigenvalue weighted by Crippen LogP contribution is 2.24. The second kappa shape index (κ2) is 4.92. The van der Waals surface area contributed by atoms with E-state index in [4.69, 9.17) is 0 Å². The topological polar surface area (TPSA) is 66.5 Å². The summed E-state index contributed by atoms with van der Waals surface area (Å²) in [6, 6.07) is 9.97. The van der Waals surface area contributed by atoms with E-state index >= 15 is 0 Å². The maximum Gasteiger partial charge on any atom is 0.161 e. The van der Waals surface area contributed by atoms with Crippen LogP contribution in [-0.4, -0.2) is 20.2 Å². The van der Waals surface area contributed by atoms with E-state index in [-0.39, 0.29) is 0 Å². The molecule has 0 aliphatic rings. The Kier molecular flexibility index (Phi) is 3.10. The third kappa shape index (κ3) is 2.34. The predicted molar refractivity (Wildman–Crippen MR) is 80.2 cm³/mol. The number of hydrogen-bond acceptors (Lipinski definition) is 4. The average molecular weight is 267 g/mol. The summed E-state index contributed by atoms with van der Waals surface area (Å²) in [6.45, 7) is 6.14.